The minimum atomic E-state index is -0.619. The average molecular weight is 315 g/mol. The van der Waals surface area contributed by atoms with Crippen LogP contribution >= 0.6 is 0 Å². The molecule has 2 heterocycles. The zero-order chi connectivity index (χ0) is 16.3. The van der Waals surface area contributed by atoms with E-state index in [9.17, 15) is 4.79 Å². The summed E-state index contributed by atoms with van der Waals surface area (Å²) in [6.07, 6.45) is 1.27. The fourth-order valence-corrected chi connectivity index (χ4v) is 2.59. The molecule has 122 valence electrons. The van der Waals surface area contributed by atoms with Crippen LogP contribution in [0.25, 0.3) is 5.69 Å². The number of amides is 1. The van der Waals surface area contributed by atoms with Crippen molar-refractivity contribution in [2.45, 2.75) is 32.1 Å². The molecular formula is C17H21N3O3. The summed E-state index contributed by atoms with van der Waals surface area (Å²) in [5.74, 6) is -0.177. The average Bonchev–Trinajstić information content (AvgIpc) is 3.02. The second kappa shape index (κ2) is 6.52. The number of nitrogens with one attached hydrogen (secondary N) is 1. The van der Waals surface area contributed by atoms with E-state index in [1.165, 1.54) is 0 Å². The summed E-state index contributed by atoms with van der Waals surface area (Å²) >= 11 is 0. The van der Waals surface area contributed by atoms with Crippen molar-refractivity contribution in [1.29, 1.82) is 0 Å². The molecule has 1 unspecified atom stereocenters. The van der Waals surface area contributed by atoms with Crippen LogP contribution in [-0.4, -0.2) is 40.6 Å². The number of rotatable bonds is 4. The molecule has 1 aromatic carbocycles. The minimum absolute atomic E-state index is 0.177. The van der Waals surface area contributed by atoms with Crippen LogP contribution in [-0.2, 0) is 20.8 Å². The van der Waals surface area contributed by atoms with Crippen LogP contribution in [0.3, 0.4) is 0 Å². The summed E-state index contributed by atoms with van der Waals surface area (Å²) in [6, 6.07) is 11.7. The Labute approximate surface area is 135 Å². The Morgan fingerprint density at radius 2 is 2.09 bits per heavy atom. The van der Waals surface area contributed by atoms with Crippen LogP contribution in [0.1, 0.15) is 19.5 Å². The van der Waals surface area contributed by atoms with E-state index in [0.29, 0.717) is 19.8 Å². The molecule has 0 bridgehead atoms. The molecule has 1 saturated heterocycles. The molecule has 23 heavy (non-hydrogen) atoms. The SMILES string of the molecule is CC1(C)OCCOC1C(=O)NCc1ccn(-c2ccccc2)n1. The molecule has 1 aliphatic heterocycles. The maximum absolute atomic E-state index is 12.3. The minimum Gasteiger partial charge on any atom is -0.370 e. The van der Waals surface area contributed by atoms with Gasteiger partial charge in [0.15, 0.2) is 6.10 Å². The highest BCUT2D eigenvalue weighted by molar-refractivity contribution is 5.82. The van der Waals surface area contributed by atoms with Gasteiger partial charge < -0.3 is 14.8 Å². The summed E-state index contributed by atoms with van der Waals surface area (Å²) in [6.45, 7) is 5.03. The third kappa shape index (κ3) is 3.60. The summed E-state index contributed by atoms with van der Waals surface area (Å²) in [7, 11) is 0. The monoisotopic (exact) mass is 315 g/mol. The summed E-state index contributed by atoms with van der Waals surface area (Å²) < 4.78 is 12.9. The van der Waals surface area contributed by atoms with Gasteiger partial charge in [0.1, 0.15) is 0 Å². The van der Waals surface area contributed by atoms with Gasteiger partial charge >= 0.3 is 0 Å². The number of hydrogen-bond acceptors (Lipinski definition) is 4. The molecule has 6 heteroatoms. The van der Waals surface area contributed by atoms with E-state index in [1.807, 2.05) is 56.4 Å². The van der Waals surface area contributed by atoms with Crippen LogP contribution in [0, 0.1) is 0 Å². The lowest BCUT2D eigenvalue weighted by molar-refractivity contribution is -0.192. The molecule has 0 spiro atoms. The van der Waals surface area contributed by atoms with Gasteiger partial charge in [-0.1, -0.05) is 18.2 Å². The predicted octanol–water partition coefficient (Wildman–Crippen LogP) is 1.68. The Balaban J connectivity index is 1.60. The number of hydrogen-bond donors (Lipinski definition) is 1. The second-order valence-electron chi connectivity index (χ2n) is 6.01. The van der Waals surface area contributed by atoms with E-state index >= 15 is 0 Å². The van der Waals surface area contributed by atoms with E-state index in [-0.39, 0.29) is 5.91 Å². The number of carbonyl (C=O) groups excluding carboxylic acids is 1. The molecule has 3 rings (SSSR count). The summed E-state index contributed by atoms with van der Waals surface area (Å²) in [4.78, 5) is 12.3. The largest absolute Gasteiger partial charge is 0.370 e. The Bertz CT molecular complexity index is 667. The standard InChI is InChI=1S/C17H21N3O3/c1-17(2)15(22-10-11-23-17)16(21)18-12-13-8-9-20(19-13)14-6-4-3-5-7-14/h3-9,15H,10-12H2,1-2H3,(H,18,21). The topological polar surface area (TPSA) is 65.4 Å². The second-order valence-corrected chi connectivity index (χ2v) is 6.01. The fraction of sp³-hybridized carbons (Fsp3) is 0.412. The van der Waals surface area contributed by atoms with Gasteiger partial charge in [0, 0.05) is 6.20 Å². The zero-order valence-corrected chi connectivity index (χ0v) is 13.4. The fourth-order valence-electron chi connectivity index (χ4n) is 2.59. The number of para-hydroxylation sites is 1. The molecule has 6 nitrogen and oxygen atoms in total. The Hall–Kier alpha value is -2.18. The quantitative estimate of drug-likeness (QED) is 0.932. The van der Waals surface area contributed by atoms with Gasteiger partial charge in [-0.2, -0.15) is 5.10 Å². The Morgan fingerprint density at radius 3 is 2.83 bits per heavy atom. The van der Waals surface area contributed by atoms with E-state index in [1.54, 1.807) is 4.68 Å². The zero-order valence-electron chi connectivity index (χ0n) is 13.4. The van der Waals surface area contributed by atoms with Crippen LogP contribution in [0.5, 0.6) is 0 Å². The number of benzene rings is 1. The van der Waals surface area contributed by atoms with E-state index < -0.39 is 11.7 Å². The van der Waals surface area contributed by atoms with Crippen molar-refractivity contribution in [3.63, 3.8) is 0 Å². The van der Waals surface area contributed by atoms with Crippen molar-refractivity contribution in [3.8, 4) is 5.69 Å². The number of aromatic nitrogens is 2. The lowest BCUT2D eigenvalue weighted by atomic mass is 9.99. The highest BCUT2D eigenvalue weighted by Crippen LogP contribution is 2.22. The highest BCUT2D eigenvalue weighted by Gasteiger charge is 2.39. The first-order valence-electron chi connectivity index (χ1n) is 7.69. The normalized spacial score (nSPS) is 20.2. The molecule has 1 aliphatic rings. The van der Waals surface area contributed by atoms with Crippen LogP contribution in [0.15, 0.2) is 42.6 Å². The van der Waals surface area contributed by atoms with Gasteiger partial charge in [-0.05, 0) is 32.0 Å². The third-order valence-corrected chi connectivity index (χ3v) is 3.82. The van der Waals surface area contributed by atoms with E-state index in [4.69, 9.17) is 9.47 Å². The third-order valence-electron chi connectivity index (χ3n) is 3.82. The lowest BCUT2D eigenvalue weighted by Crippen LogP contribution is -2.54. The Kier molecular flexibility index (Phi) is 4.45. The van der Waals surface area contributed by atoms with Gasteiger partial charge in [0.25, 0.3) is 5.91 Å². The number of nitrogens with zero attached hydrogens (tertiary/aromatic N) is 2. The van der Waals surface area contributed by atoms with Gasteiger partial charge in [0.2, 0.25) is 0 Å². The molecule has 0 saturated carbocycles. The summed E-state index contributed by atoms with van der Waals surface area (Å²) in [5.41, 5.74) is 1.15. The predicted molar refractivity (Wildman–Crippen MR) is 85.2 cm³/mol. The van der Waals surface area contributed by atoms with Crippen LogP contribution in [0.2, 0.25) is 0 Å². The molecule has 1 atom stereocenters. The number of carbonyl (C=O) groups is 1. The Morgan fingerprint density at radius 1 is 1.30 bits per heavy atom. The first-order valence-corrected chi connectivity index (χ1v) is 7.69. The maximum atomic E-state index is 12.3. The molecule has 1 fully saturated rings. The van der Waals surface area contributed by atoms with Crippen molar-refractivity contribution < 1.29 is 14.3 Å². The lowest BCUT2D eigenvalue weighted by Gasteiger charge is -2.37. The van der Waals surface area contributed by atoms with Gasteiger partial charge in [-0.25, -0.2) is 4.68 Å². The molecule has 1 N–H and O–H groups in total. The van der Waals surface area contributed by atoms with Crippen molar-refractivity contribution >= 4 is 5.91 Å². The maximum Gasteiger partial charge on any atom is 0.252 e. The van der Waals surface area contributed by atoms with Crippen molar-refractivity contribution in [3.05, 3.63) is 48.3 Å². The molecular weight excluding hydrogens is 294 g/mol. The van der Waals surface area contributed by atoms with Gasteiger partial charge in [-0.3, -0.25) is 4.79 Å². The van der Waals surface area contributed by atoms with E-state index in [0.717, 1.165) is 11.4 Å². The first kappa shape index (κ1) is 15.7. The van der Waals surface area contributed by atoms with Crippen LogP contribution < -0.4 is 5.32 Å². The van der Waals surface area contributed by atoms with Crippen LogP contribution in [0.4, 0.5) is 0 Å². The molecule has 0 radical (unpaired) electrons. The van der Waals surface area contributed by atoms with Crippen molar-refractivity contribution in [1.82, 2.24) is 15.1 Å². The van der Waals surface area contributed by atoms with Gasteiger partial charge in [0.05, 0.1) is 36.7 Å². The van der Waals surface area contributed by atoms with Crippen molar-refractivity contribution in [2.75, 3.05) is 13.2 Å². The van der Waals surface area contributed by atoms with E-state index in [2.05, 4.69) is 10.4 Å². The van der Waals surface area contributed by atoms with Gasteiger partial charge in [-0.15, -0.1) is 0 Å². The summed E-state index contributed by atoms with van der Waals surface area (Å²) in [5, 5.41) is 7.33. The molecule has 2 aromatic rings. The highest BCUT2D eigenvalue weighted by atomic mass is 16.6. The first-order chi connectivity index (χ1) is 11.1. The number of ether oxygens (including phenoxy) is 2. The molecule has 1 amide bonds. The smallest absolute Gasteiger partial charge is 0.252 e. The molecule has 0 aliphatic carbocycles. The van der Waals surface area contributed by atoms with Crippen molar-refractivity contribution in [2.24, 2.45) is 0 Å². The molecule has 1 aromatic heterocycles.